The van der Waals surface area contributed by atoms with Gasteiger partial charge in [-0.05, 0) is 12.1 Å². The number of carbonyl (C=O) groups is 2. The maximum Gasteiger partial charge on any atom is 2.00 e. The SMILES string of the molecule is O.O=C([O-])c1cc([O-])cc(C(=O)O)n1.[Ni+2].[OH3+].[OH3+].[OH3+]. The number of hydrogen-bond acceptors (Lipinski definition) is 5. The molecular weight excluding hydrogens is 301 g/mol. The van der Waals surface area contributed by atoms with Crippen LogP contribution >= 0.6 is 0 Å². The van der Waals surface area contributed by atoms with Crippen molar-refractivity contribution in [3.05, 3.63) is 23.5 Å². The number of hydrogen-bond donors (Lipinski definition) is 1. The molecule has 0 saturated heterocycles. The maximum absolute atomic E-state index is 10.7. The van der Waals surface area contributed by atoms with E-state index in [0.29, 0.717) is 6.07 Å². The Bertz CT molecular complexity index is 351. The van der Waals surface area contributed by atoms with Crippen molar-refractivity contribution < 1.29 is 63.3 Å². The molecule has 0 spiro atoms. The Kier molecular flexibility index (Phi) is 19.4. The van der Waals surface area contributed by atoms with Crippen LogP contribution in [0.5, 0.6) is 5.75 Å². The molecule has 0 unspecified atom stereocenters. The summed E-state index contributed by atoms with van der Waals surface area (Å²) >= 11 is 0. The predicted molar refractivity (Wildman–Crippen MR) is 53.2 cm³/mol. The summed E-state index contributed by atoms with van der Waals surface area (Å²) in [5.41, 5.74) is -1.28. The van der Waals surface area contributed by atoms with Gasteiger partial charge in [0.2, 0.25) is 0 Å². The molecule has 0 aromatic carbocycles. The third-order valence-corrected chi connectivity index (χ3v) is 1.23. The van der Waals surface area contributed by atoms with Gasteiger partial charge >= 0.3 is 22.5 Å². The first-order valence-corrected chi connectivity index (χ1v) is 3.14. The van der Waals surface area contributed by atoms with Gasteiger partial charge in [0.05, 0.1) is 11.7 Å². The molecule has 0 aliphatic heterocycles. The molecule has 12 N–H and O–H groups in total. The molecule has 1 heterocycles. The van der Waals surface area contributed by atoms with Crippen molar-refractivity contribution in [2.75, 3.05) is 0 Å². The van der Waals surface area contributed by atoms with Crippen molar-refractivity contribution in [1.29, 1.82) is 0 Å². The Morgan fingerprint density at radius 3 is 1.83 bits per heavy atom. The monoisotopic (exact) mass is 314 g/mol. The summed E-state index contributed by atoms with van der Waals surface area (Å²) in [5, 5.41) is 29.3. The molecule has 0 fully saturated rings. The molecule has 108 valence electrons. The van der Waals surface area contributed by atoms with Crippen molar-refractivity contribution in [2.45, 2.75) is 0 Å². The van der Waals surface area contributed by atoms with Gasteiger partial charge in [-0.25, -0.2) is 9.78 Å². The number of carboxylic acid groups (broad SMARTS) is 2. The van der Waals surface area contributed by atoms with Crippen LogP contribution in [0.15, 0.2) is 12.1 Å². The zero-order valence-corrected chi connectivity index (χ0v) is 9.72. The summed E-state index contributed by atoms with van der Waals surface area (Å²) in [4.78, 5) is 23.7. The number of rotatable bonds is 2. The number of carboxylic acids is 2. The Balaban J connectivity index is -0.000000113. The van der Waals surface area contributed by atoms with Crippen LogP contribution in [0.1, 0.15) is 21.0 Å². The second-order valence-corrected chi connectivity index (χ2v) is 2.17. The zero-order valence-electron chi connectivity index (χ0n) is 8.73. The quantitative estimate of drug-likeness (QED) is 0.411. The Morgan fingerprint density at radius 1 is 1.11 bits per heavy atom. The van der Waals surface area contributed by atoms with Crippen molar-refractivity contribution in [1.82, 2.24) is 4.98 Å². The van der Waals surface area contributed by atoms with Gasteiger partial charge in [-0.1, -0.05) is 0 Å². The van der Waals surface area contributed by atoms with Crippen molar-refractivity contribution in [2.24, 2.45) is 0 Å². The van der Waals surface area contributed by atoms with Gasteiger partial charge in [0, 0.05) is 0 Å². The van der Waals surface area contributed by atoms with Gasteiger partial charge in [-0.3, -0.25) is 0 Å². The molecule has 0 atom stereocenters. The summed E-state index contributed by atoms with van der Waals surface area (Å²) in [6.07, 6.45) is 0. The van der Waals surface area contributed by atoms with E-state index in [-0.39, 0.29) is 38.4 Å². The summed E-state index contributed by atoms with van der Waals surface area (Å²) in [6.45, 7) is 0. The van der Waals surface area contributed by atoms with E-state index in [2.05, 4.69) is 4.98 Å². The zero-order chi connectivity index (χ0) is 10.0. The summed E-state index contributed by atoms with van der Waals surface area (Å²) in [6, 6.07) is 1.43. The first-order valence-electron chi connectivity index (χ1n) is 3.14. The molecule has 0 amide bonds. The number of carbonyl (C=O) groups excluding carboxylic acids is 1. The van der Waals surface area contributed by atoms with Gasteiger partial charge in [-0.15, -0.1) is 5.75 Å². The molecular formula is C7H14NNiO9+3. The number of pyridine rings is 1. The fraction of sp³-hybridized carbons (Fsp3) is 0. The van der Waals surface area contributed by atoms with Gasteiger partial charge in [0.25, 0.3) is 0 Å². The minimum absolute atomic E-state index is 0. The molecule has 11 heteroatoms. The van der Waals surface area contributed by atoms with Crippen LogP contribution in [0.25, 0.3) is 0 Å². The third-order valence-electron chi connectivity index (χ3n) is 1.23. The van der Waals surface area contributed by atoms with E-state index in [1.807, 2.05) is 0 Å². The normalized spacial score (nSPS) is 6.89. The van der Waals surface area contributed by atoms with Crippen LogP contribution in [0.4, 0.5) is 0 Å². The van der Waals surface area contributed by atoms with Crippen molar-refractivity contribution in [3.8, 4) is 5.75 Å². The first-order chi connectivity index (χ1) is 6.00. The van der Waals surface area contributed by atoms with E-state index >= 15 is 0 Å². The van der Waals surface area contributed by atoms with Crippen LogP contribution in [-0.2, 0) is 32.9 Å². The van der Waals surface area contributed by atoms with Crippen LogP contribution < -0.4 is 10.2 Å². The van der Waals surface area contributed by atoms with Gasteiger partial charge in [0.1, 0.15) is 5.69 Å². The molecule has 1 rings (SSSR count). The van der Waals surface area contributed by atoms with Crippen LogP contribution in [-0.4, -0.2) is 27.5 Å². The fourth-order valence-corrected chi connectivity index (χ4v) is 0.720. The largest absolute Gasteiger partial charge is 2.00 e. The molecule has 1 aromatic rings. The average molecular weight is 315 g/mol. The van der Waals surface area contributed by atoms with Gasteiger partial charge in [-0.2, -0.15) is 0 Å². The minimum Gasteiger partial charge on any atom is -0.872 e. The summed E-state index contributed by atoms with van der Waals surface area (Å²) in [7, 11) is 0. The van der Waals surface area contributed by atoms with E-state index in [1.165, 1.54) is 0 Å². The van der Waals surface area contributed by atoms with E-state index in [9.17, 15) is 19.8 Å². The average Bonchev–Trinajstić information content (AvgIpc) is 2.03. The minimum atomic E-state index is -1.68. The third kappa shape index (κ3) is 7.49. The first kappa shape index (κ1) is 29.8. The molecule has 0 radical (unpaired) electrons. The second kappa shape index (κ2) is 11.7. The van der Waals surface area contributed by atoms with Crippen LogP contribution in [0.2, 0.25) is 0 Å². The second-order valence-electron chi connectivity index (χ2n) is 2.17. The molecule has 0 saturated carbocycles. The Hall–Kier alpha value is -1.78. The number of aromatic carboxylic acids is 2. The fourth-order valence-electron chi connectivity index (χ4n) is 0.720. The molecule has 0 aliphatic carbocycles. The van der Waals surface area contributed by atoms with Crippen LogP contribution in [0.3, 0.4) is 0 Å². The molecule has 1 aromatic heterocycles. The summed E-state index contributed by atoms with van der Waals surface area (Å²) < 4.78 is 0. The predicted octanol–water partition coefficient (Wildman–Crippen LogP) is -5.38. The van der Waals surface area contributed by atoms with E-state index < -0.39 is 29.1 Å². The number of nitrogens with zero attached hydrogens (tertiary/aromatic N) is 1. The molecule has 0 bridgehead atoms. The van der Waals surface area contributed by atoms with Crippen molar-refractivity contribution >= 4 is 11.9 Å². The van der Waals surface area contributed by atoms with E-state index in [4.69, 9.17) is 5.11 Å². The number of aromatic nitrogens is 1. The standard InChI is InChI=1S/C7H5NO5.Ni.4H2O/c9-3-1-4(6(10)11)8-5(2-3)7(12)13;;;;;/h1-2H,(H,8,9)(H,10,11)(H,12,13);;4*1H2/q;+2;;;;/p+1. The molecule has 18 heavy (non-hydrogen) atoms. The van der Waals surface area contributed by atoms with Crippen LogP contribution in [0, 0.1) is 0 Å². The molecule has 0 aliphatic rings. The topological polar surface area (TPSA) is 244 Å². The van der Waals surface area contributed by atoms with Crippen molar-refractivity contribution in [3.63, 3.8) is 0 Å². The van der Waals surface area contributed by atoms with Gasteiger partial charge < -0.3 is 42.0 Å². The van der Waals surface area contributed by atoms with E-state index in [1.54, 1.807) is 0 Å². The Labute approximate surface area is 110 Å². The summed E-state index contributed by atoms with van der Waals surface area (Å²) in [5.74, 6) is -3.87. The smallest absolute Gasteiger partial charge is 0.872 e. The Morgan fingerprint density at radius 2 is 1.50 bits per heavy atom. The van der Waals surface area contributed by atoms with E-state index in [0.717, 1.165) is 6.07 Å². The molecule has 10 nitrogen and oxygen atoms in total. The maximum atomic E-state index is 10.7. The van der Waals surface area contributed by atoms with Gasteiger partial charge in [0.15, 0.2) is 0 Å².